The Morgan fingerprint density at radius 3 is 2.00 bits per heavy atom. The molecular formula is C23H28N4S. The van der Waals surface area contributed by atoms with Crippen LogP contribution in [0.25, 0.3) is 0 Å². The average Bonchev–Trinajstić information content (AvgIpc) is 3.48. The lowest BCUT2D eigenvalue weighted by molar-refractivity contribution is 0.207. The van der Waals surface area contributed by atoms with Crippen LogP contribution < -0.4 is 0 Å². The molecule has 0 saturated heterocycles. The monoisotopic (exact) mass is 392 g/mol. The first kappa shape index (κ1) is 19.1. The maximum absolute atomic E-state index is 5.82. The lowest BCUT2D eigenvalue weighted by Crippen LogP contribution is -2.28. The summed E-state index contributed by atoms with van der Waals surface area (Å²) < 4.78 is 5.13. The van der Waals surface area contributed by atoms with Gasteiger partial charge in [-0.3, -0.25) is 4.90 Å². The summed E-state index contributed by atoms with van der Waals surface area (Å²) in [6.07, 6.45) is 2.43. The van der Waals surface area contributed by atoms with Crippen molar-refractivity contribution in [3.63, 3.8) is 0 Å². The average molecular weight is 393 g/mol. The number of aromatic nitrogens is 3. The lowest BCUT2D eigenvalue weighted by Gasteiger charge is -2.28. The van der Waals surface area contributed by atoms with Crippen LogP contribution in [0.2, 0.25) is 0 Å². The Labute approximate surface area is 172 Å². The van der Waals surface area contributed by atoms with E-state index >= 15 is 0 Å². The maximum atomic E-state index is 5.82. The van der Waals surface area contributed by atoms with E-state index in [1.807, 2.05) is 4.68 Å². The van der Waals surface area contributed by atoms with Crippen molar-refractivity contribution in [1.29, 1.82) is 0 Å². The van der Waals surface area contributed by atoms with Gasteiger partial charge in [0.1, 0.15) is 5.82 Å². The second-order valence-corrected chi connectivity index (χ2v) is 8.38. The molecule has 1 aliphatic rings. The van der Waals surface area contributed by atoms with Crippen molar-refractivity contribution in [2.45, 2.75) is 51.4 Å². The predicted octanol–water partition coefficient (Wildman–Crippen LogP) is 5.55. The zero-order valence-electron chi connectivity index (χ0n) is 16.8. The summed E-state index contributed by atoms with van der Waals surface area (Å²) in [5, 5.41) is 4.91. The highest BCUT2D eigenvalue weighted by atomic mass is 32.1. The first-order valence-corrected chi connectivity index (χ1v) is 10.5. The van der Waals surface area contributed by atoms with E-state index in [4.69, 9.17) is 17.3 Å². The molecule has 0 aliphatic heterocycles. The van der Waals surface area contributed by atoms with E-state index in [2.05, 4.69) is 91.0 Å². The van der Waals surface area contributed by atoms with E-state index in [0.717, 1.165) is 10.6 Å². The van der Waals surface area contributed by atoms with Gasteiger partial charge in [-0.2, -0.15) is 5.10 Å². The fraction of sp³-hybridized carbons (Fsp3) is 0.391. The normalized spacial score (nSPS) is 14.4. The topological polar surface area (TPSA) is 26.0 Å². The molecule has 4 nitrogen and oxygen atoms in total. The summed E-state index contributed by atoms with van der Waals surface area (Å²) in [5.41, 5.74) is 2.54. The molecule has 4 rings (SSSR count). The van der Waals surface area contributed by atoms with Gasteiger partial charge in [-0.1, -0.05) is 74.5 Å². The first-order chi connectivity index (χ1) is 13.6. The molecule has 1 heterocycles. The molecule has 3 aromatic rings. The van der Waals surface area contributed by atoms with Crippen molar-refractivity contribution in [2.24, 2.45) is 0 Å². The SMILES string of the molecule is CC(C)c1nn(CN(C)C(c2ccccc2)c2ccccc2)c(=S)n1C1CC1. The molecular weight excluding hydrogens is 364 g/mol. The minimum atomic E-state index is 0.151. The molecule has 28 heavy (non-hydrogen) atoms. The molecule has 1 fully saturated rings. The molecule has 0 radical (unpaired) electrons. The van der Waals surface area contributed by atoms with Gasteiger partial charge in [0.25, 0.3) is 0 Å². The van der Waals surface area contributed by atoms with Crippen LogP contribution >= 0.6 is 12.2 Å². The first-order valence-electron chi connectivity index (χ1n) is 10.1. The predicted molar refractivity (Wildman–Crippen MR) is 116 cm³/mol. The number of hydrogen-bond acceptors (Lipinski definition) is 3. The van der Waals surface area contributed by atoms with Crippen LogP contribution in [0.4, 0.5) is 0 Å². The minimum Gasteiger partial charge on any atom is -0.301 e. The van der Waals surface area contributed by atoms with Crippen LogP contribution in [-0.4, -0.2) is 26.3 Å². The highest BCUT2D eigenvalue weighted by molar-refractivity contribution is 7.71. The van der Waals surface area contributed by atoms with Gasteiger partial charge in [0.15, 0.2) is 4.77 Å². The smallest absolute Gasteiger partial charge is 0.199 e. The van der Waals surface area contributed by atoms with Crippen molar-refractivity contribution in [3.05, 3.63) is 82.4 Å². The van der Waals surface area contributed by atoms with Crippen molar-refractivity contribution >= 4 is 12.2 Å². The van der Waals surface area contributed by atoms with E-state index in [0.29, 0.717) is 18.6 Å². The van der Waals surface area contributed by atoms with Gasteiger partial charge < -0.3 is 4.57 Å². The number of nitrogens with zero attached hydrogens (tertiary/aromatic N) is 4. The van der Waals surface area contributed by atoms with Crippen molar-refractivity contribution < 1.29 is 0 Å². The molecule has 0 N–H and O–H groups in total. The second kappa shape index (κ2) is 8.02. The van der Waals surface area contributed by atoms with Gasteiger partial charge in [0, 0.05) is 12.0 Å². The quantitative estimate of drug-likeness (QED) is 0.493. The molecule has 0 amide bonds. The second-order valence-electron chi connectivity index (χ2n) is 8.02. The summed E-state index contributed by atoms with van der Waals surface area (Å²) in [6.45, 7) is 5.05. The summed E-state index contributed by atoms with van der Waals surface area (Å²) >= 11 is 5.82. The Hall–Kier alpha value is -2.24. The molecule has 1 saturated carbocycles. The molecule has 0 atom stereocenters. The molecule has 5 heteroatoms. The summed E-state index contributed by atoms with van der Waals surface area (Å²) in [5.74, 6) is 1.48. The van der Waals surface area contributed by atoms with Crippen LogP contribution in [0.3, 0.4) is 0 Å². The standard InChI is InChI=1S/C23H28N4S/c1-17(2)22-24-26(23(28)27(22)20-14-15-20)16-25(3)21(18-10-6-4-7-11-18)19-12-8-5-9-13-19/h4-13,17,20-21H,14-16H2,1-3H3. The summed E-state index contributed by atoms with van der Waals surface area (Å²) in [4.78, 5) is 2.33. The molecule has 0 bridgehead atoms. The Morgan fingerprint density at radius 2 is 1.54 bits per heavy atom. The molecule has 146 valence electrons. The van der Waals surface area contributed by atoms with Crippen LogP contribution in [0.15, 0.2) is 60.7 Å². The van der Waals surface area contributed by atoms with Gasteiger partial charge in [-0.25, -0.2) is 4.68 Å². The number of benzene rings is 2. The summed E-state index contributed by atoms with van der Waals surface area (Å²) in [7, 11) is 2.15. The number of rotatable bonds is 7. The lowest BCUT2D eigenvalue weighted by atomic mass is 9.98. The van der Waals surface area contributed by atoms with Crippen molar-refractivity contribution in [2.75, 3.05) is 7.05 Å². The van der Waals surface area contributed by atoms with E-state index in [9.17, 15) is 0 Å². The molecule has 0 unspecified atom stereocenters. The summed E-state index contributed by atoms with van der Waals surface area (Å²) in [6, 6.07) is 22.0. The zero-order chi connectivity index (χ0) is 19.7. The largest absolute Gasteiger partial charge is 0.301 e. The molecule has 2 aromatic carbocycles. The Balaban J connectivity index is 1.68. The van der Waals surface area contributed by atoms with Crippen LogP contribution in [-0.2, 0) is 6.67 Å². The van der Waals surface area contributed by atoms with Crippen LogP contribution in [0.5, 0.6) is 0 Å². The van der Waals surface area contributed by atoms with Gasteiger partial charge in [0.2, 0.25) is 0 Å². The number of hydrogen-bond donors (Lipinski definition) is 0. The van der Waals surface area contributed by atoms with Gasteiger partial charge in [-0.05, 0) is 43.2 Å². The highest BCUT2D eigenvalue weighted by Gasteiger charge is 2.30. The third-order valence-corrected chi connectivity index (χ3v) is 5.76. The van der Waals surface area contributed by atoms with Crippen LogP contribution in [0, 0.1) is 4.77 Å². The fourth-order valence-corrected chi connectivity index (χ4v) is 4.20. The van der Waals surface area contributed by atoms with Crippen LogP contribution in [0.1, 0.15) is 61.6 Å². The Kier molecular flexibility index (Phi) is 5.47. The van der Waals surface area contributed by atoms with E-state index < -0.39 is 0 Å². The van der Waals surface area contributed by atoms with Gasteiger partial charge in [0.05, 0.1) is 12.7 Å². The molecule has 0 spiro atoms. The molecule has 1 aromatic heterocycles. The van der Waals surface area contributed by atoms with Crippen molar-refractivity contribution in [3.8, 4) is 0 Å². The van der Waals surface area contributed by atoms with E-state index in [-0.39, 0.29) is 6.04 Å². The highest BCUT2D eigenvalue weighted by Crippen LogP contribution is 2.37. The molecule has 1 aliphatic carbocycles. The van der Waals surface area contributed by atoms with Gasteiger partial charge >= 0.3 is 0 Å². The maximum Gasteiger partial charge on any atom is 0.199 e. The minimum absolute atomic E-state index is 0.151. The third kappa shape index (κ3) is 3.82. The van der Waals surface area contributed by atoms with E-state index in [1.54, 1.807) is 0 Å². The Morgan fingerprint density at radius 1 is 1.00 bits per heavy atom. The zero-order valence-corrected chi connectivity index (χ0v) is 17.6. The fourth-order valence-electron chi connectivity index (χ4n) is 3.86. The Bertz CT molecular complexity index is 931. The van der Waals surface area contributed by atoms with Crippen molar-refractivity contribution in [1.82, 2.24) is 19.2 Å². The van der Waals surface area contributed by atoms with E-state index in [1.165, 1.54) is 24.0 Å². The third-order valence-electron chi connectivity index (χ3n) is 5.35. The van der Waals surface area contributed by atoms with Gasteiger partial charge in [-0.15, -0.1) is 0 Å².